The van der Waals surface area contributed by atoms with Crippen LogP contribution >= 0.6 is 24.0 Å². The molecule has 0 aliphatic heterocycles. The molecule has 4 nitrogen and oxygen atoms in total. The highest BCUT2D eigenvalue weighted by Crippen LogP contribution is 2.27. The van der Waals surface area contributed by atoms with Gasteiger partial charge in [0.15, 0.2) is 0 Å². The zero-order valence-corrected chi connectivity index (χ0v) is 13.5. The first-order valence-electron chi connectivity index (χ1n) is 6.57. The number of benzene rings is 1. The quantitative estimate of drug-likeness (QED) is 0.508. The van der Waals surface area contributed by atoms with Crippen molar-refractivity contribution in [2.75, 3.05) is 24.7 Å². The van der Waals surface area contributed by atoms with Crippen molar-refractivity contribution >= 4 is 40.6 Å². The number of hydrogen-bond donors (Lipinski definition) is 3. The Kier molecular flexibility index (Phi) is 7.40. The molecule has 110 valence electrons. The van der Waals surface area contributed by atoms with E-state index < -0.39 is 0 Å². The highest BCUT2D eigenvalue weighted by molar-refractivity contribution is 7.98. The van der Waals surface area contributed by atoms with Gasteiger partial charge in [0.1, 0.15) is 4.99 Å². The fraction of sp³-hybridized carbons (Fsp3) is 0.429. The van der Waals surface area contributed by atoms with E-state index in [0.717, 1.165) is 29.1 Å². The van der Waals surface area contributed by atoms with Gasteiger partial charge in [0.2, 0.25) is 5.91 Å². The molecule has 0 heterocycles. The smallest absolute Gasteiger partial charge is 0.221 e. The fourth-order valence-corrected chi connectivity index (χ4v) is 2.69. The summed E-state index contributed by atoms with van der Waals surface area (Å²) in [4.78, 5) is 12.9. The number of thiocarbonyl (C=S) groups is 1. The van der Waals surface area contributed by atoms with Crippen LogP contribution < -0.4 is 16.4 Å². The van der Waals surface area contributed by atoms with Gasteiger partial charge in [0, 0.05) is 35.7 Å². The Morgan fingerprint density at radius 2 is 2.15 bits per heavy atom. The second kappa shape index (κ2) is 8.81. The minimum atomic E-state index is 0.0530. The molecule has 1 rings (SSSR count). The van der Waals surface area contributed by atoms with E-state index in [1.54, 1.807) is 11.8 Å². The molecule has 0 aliphatic rings. The van der Waals surface area contributed by atoms with Crippen LogP contribution in [-0.2, 0) is 4.79 Å². The van der Waals surface area contributed by atoms with Crippen LogP contribution in [0.25, 0.3) is 0 Å². The summed E-state index contributed by atoms with van der Waals surface area (Å²) in [6.07, 6.45) is 3.36. The van der Waals surface area contributed by atoms with Gasteiger partial charge in [-0.1, -0.05) is 25.2 Å². The van der Waals surface area contributed by atoms with Crippen molar-refractivity contribution in [2.24, 2.45) is 5.73 Å². The molecular formula is C14H21N3OS2. The van der Waals surface area contributed by atoms with E-state index in [2.05, 4.69) is 10.6 Å². The Labute approximate surface area is 129 Å². The summed E-state index contributed by atoms with van der Waals surface area (Å²) in [5, 5.41) is 6.08. The standard InChI is InChI=1S/C14H21N3OS2/c1-3-8-17-12(18)7-9-16-10-5-4-6-11(20-2)13(10)14(15)19/h4-6,16H,3,7-9H2,1-2H3,(H2,15,19)(H,17,18). The van der Waals surface area contributed by atoms with Crippen LogP contribution in [0.4, 0.5) is 5.69 Å². The molecule has 1 amide bonds. The second-order valence-corrected chi connectivity index (χ2v) is 5.56. The van der Waals surface area contributed by atoms with Crippen LogP contribution in [0.5, 0.6) is 0 Å². The Bertz CT molecular complexity index is 477. The van der Waals surface area contributed by atoms with E-state index in [-0.39, 0.29) is 5.91 Å². The number of rotatable bonds is 8. The first kappa shape index (κ1) is 16.8. The molecule has 0 aromatic heterocycles. The summed E-state index contributed by atoms with van der Waals surface area (Å²) in [5.74, 6) is 0.0530. The van der Waals surface area contributed by atoms with Crippen molar-refractivity contribution < 1.29 is 4.79 Å². The molecule has 1 aromatic rings. The SMILES string of the molecule is CCCNC(=O)CCNc1cccc(SC)c1C(N)=S. The molecule has 0 radical (unpaired) electrons. The average molecular weight is 311 g/mol. The van der Waals surface area contributed by atoms with Gasteiger partial charge in [-0.2, -0.15) is 0 Å². The summed E-state index contributed by atoms with van der Waals surface area (Å²) in [6, 6.07) is 5.86. The highest BCUT2D eigenvalue weighted by Gasteiger charge is 2.10. The largest absolute Gasteiger partial charge is 0.389 e. The van der Waals surface area contributed by atoms with Gasteiger partial charge in [-0.05, 0) is 24.8 Å². The number of nitrogens with two attached hydrogens (primary N) is 1. The number of nitrogens with one attached hydrogen (secondary N) is 2. The molecule has 20 heavy (non-hydrogen) atoms. The number of thioether (sulfide) groups is 1. The molecule has 4 N–H and O–H groups in total. The van der Waals surface area contributed by atoms with E-state index in [1.165, 1.54) is 0 Å². The molecule has 0 unspecified atom stereocenters. The number of anilines is 1. The van der Waals surface area contributed by atoms with Crippen LogP contribution in [0, 0.1) is 0 Å². The van der Waals surface area contributed by atoms with Crippen LogP contribution in [0.2, 0.25) is 0 Å². The van der Waals surface area contributed by atoms with Crippen molar-refractivity contribution in [1.82, 2.24) is 5.32 Å². The minimum Gasteiger partial charge on any atom is -0.389 e. The summed E-state index contributed by atoms with van der Waals surface area (Å²) in [5.41, 5.74) is 7.52. The lowest BCUT2D eigenvalue weighted by Gasteiger charge is -2.14. The van der Waals surface area contributed by atoms with Gasteiger partial charge in [-0.15, -0.1) is 11.8 Å². The molecule has 0 fully saturated rings. The zero-order valence-electron chi connectivity index (χ0n) is 11.9. The number of carbonyl (C=O) groups is 1. The van der Waals surface area contributed by atoms with Crippen molar-refractivity contribution in [2.45, 2.75) is 24.7 Å². The van der Waals surface area contributed by atoms with Crippen molar-refractivity contribution in [3.05, 3.63) is 23.8 Å². The van der Waals surface area contributed by atoms with Gasteiger partial charge < -0.3 is 16.4 Å². The van der Waals surface area contributed by atoms with Crippen molar-refractivity contribution in [3.63, 3.8) is 0 Å². The number of amides is 1. The Balaban J connectivity index is 2.64. The Hall–Kier alpha value is -1.27. The molecular weight excluding hydrogens is 290 g/mol. The van der Waals surface area contributed by atoms with Gasteiger partial charge in [0.25, 0.3) is 0 Å². The van der Waals surface area contributed by atoms with Crippen molar-refractivity contribution in [3.8, 4) is 0 Å². The lowest BCUT2D eigenvalue weighted by Crippen LogP contribution is -2.26. The first-order valence-corrected chi connectivity index (χ1v) is 8.20. The molecule has 0 spiro atoms. The maximum Gasteiger partial charge on any atom is 0.221 e. The molecule has 0 aliphatic carbocycles. The van der Waals surface area contributed by atoms with Crippen molar-refractivity contribution in [1.29, 1.82) is 0 Å². The van der Waals surface area contributed by atoms with E-state index in [1.807, 2.05) is 31.4 Å². The maximum atomic E-state index is 11.5. The third-order valence-electron chi connectivity index (χ3n) is 2.73. The van der Waals surface area contributed by atoms with Gasteiger partial charge in [0.05, 0.1) is 0 Å². The third-order valence-corrected chi connectivity index (χ3v) is 3.72. The van der Waals surface area contributed by atoms with E-state index in [4.69, 9.17) is 18.0 Å². The van der Waals surface area contributed by atoms with Crippen LogP contribution in [0.3, 0.4) is 0 Å². The lowest BCUT2D eigenvalue weighted by molar-refractivity contribution is -0.120. The molecule has 0 saturated heterocycles. The fourth-order valence-electron chi connectivity index (χ4n) is 1.77. The van der Waals surface area contributed by atoms with Crippen LogP contribution in [-0.4, -0.2) is 30.2 Å². The van der Waals surface area contributed by atoms with Crippen LogP contribution in [0.1, 0.15) is 25.3 Å². The second-order valence-electron chi connectivity index (χ2n) is 4.27. The molecule has 1 aromatic carbocycles. The summed E-state index contributed by atoms with van der Waals surface area (Å²) >= 11 is 6.71. The third kappa shape index (κ3) is 5.02. The van der Waals surface area contributed by atoms with E-state index in [9.17, 15) is 4.79 Å². The van der Waals surface area contributed by atoms with E-state index >= 15 is 0 Å². The number of hydrogen-bond acceptors (Lipinski definition) is 4. The van der Waals surface area contributed by atoms with Crippen LogP contribution in [0.15, 0.2) is 23.1 Å². The maximum absolute atomic E-state index is 11.5. The predicted octanol–water partition coefficient (Wildman–Crippen LogP) is 2.37. The Morgan fingerprint density at radius 3 is 2.75 bits per heavy atom. The minimum absolute atomic E-state index is 0.0530. The molecule has 0 saturated carbocycles. The Morgan fingerprint density at radius 1 is 1.40 bits per heavy atom. The summed E-state index contributed by atoms with van der Waals surface area (Å²) < 4.78 is 0. The average Bonchev–Trinajstić information content (AvgIpc) is 2.44. The summed E-state index contributed by atoms with van der Waals surface area (Å²) in [7, 11) is 0. The number of carbonyl (C=O) groups excluding carboxylic acids is 1. The molecule has 0 atom stereocenters. The molecule has 6 heteroatoms. The van der Waals surface area contributed by atoms with Gasteiger partial charge in [-0.25, -0.2) is 0 Å². The summed E-state index contributed by atoms with van der Waals surface area (Å²) in [6.45, 7) is 3.31. The van der Waals surface area contributed by atoms with Gasteiger partial charge >= 0.3 is 0 Å². The monoisotopic (exact) mass is 311 g/mol. The van der Waals surface area contributed by atoms with Gasteiger partial charge in [-0.3, -0.25) is 4.79 Å². The lowest BCUT2D eigenvalue weighted by atomic mass is 10.1. The van der Waals surface area contributed by atoms with E-state index in [0.29, 0.717) is 18.0 Å². The topological polar surface area (TPSA) is 67.2 Å². The zero-order chi connectivity index (χ0) is 15.0. The molecule has 0 bridgehead atoms. The highest BCUT2D eigenvalue weighted by atomic mass is 32.2. The first-order chi connectivity index (χ1) is 9.60. The predicted molar refractivity (Wildman–Crippen MR) is 90.5 cm³/mol. The normalized spacial score (nSPS) is 10.1.